The second-order valence-corrected chi connectivity index (χ2v) is 7.29. The lowest BCUT2D eigenvalue weighted by atomic mass is 10.1. The average molecular weight is 359 g/mol. The molecule has 3 heterocycles. The number of amides is 1. The number of anilines is 1. The molecule has 22 heavy (non-hydrogen) atoms. The van der Waals surface area contributed by atoms with E-state index in [0.29, 0.717) is 17.6 Å². The second kappa shape index (κ2) is 7.50. The monoisotopic (exact) mass is 358 g/mol. The van der Waals surface area contributed by atoms with Crippen LogP contribution in [0.4, 0.5) is 5.13 Å². The maximum absolute atomic E-state index is 12.0. The fourth-order valence-electron chi connectivity index (χ4n) is 2.53. The SMILES string of the molecule is Cc1nc(C)c(-c2csc(NC(=O)CC3CCCN3)n2)s1.Cl. The maximum Gasteiger partial charge on any atom is 0.227 e. The first kappa shape index (κ1) is 17.3. The van der Waals surface area contributed by atoms with E-state index >= 15 is 0 Å². The van der Waals surface area contributed by atoms with Gasteiger partial charge in [-0.25, -0.2) is 9.97 Å². The van der Waals surface area contributed by atoms with Crippen LogP contribution in [0.1, 0.15) is 30.0 Å². The molecule has 2 N–H and O–H groups in total. The van der Waals surface area contributed by atoms with Gasteiger partial charge in [-0.1, -0.05) is 0 Å². The van der Waals surface area contributed by atoms with E-state index in [4.69, 9.17) is 0 Å². The van der Waals surface area contributed by atoms with Crippen molar-refractivity contribution in [2.45, 2.75) is 39.2 Å². The highest BCUT2D eigenvalue weighted by atomic mass is 35.5. The number of carbonyl (C=O) groups is 1. The van der Waals surface area contributed by atoms with Crippen molar-refractivity contribution in [1.82, 2.24) is 15.3 Å². The molecule has 2 aromatic rings. The van der Waals surface area contributed by atoms with E-state index in [-0.39, 0.29) is 18.3 Å². The van der Waals surface area contributed by atoms with Gasteiger partial charge in [0.2, 0.25) is 5.91 Å². The van der Waals surface area contributed by atoms with Crippen LogP contribution in [-0.4, -0.2) is 28.5 Å². The summed E-state index contributed by atoms with van der Waals surface area (Å²) in [6.07, 6.45) is 2.76. The Kier molecular flexibility index (Phi) is 5.91. The van der Waals surface area contributed by atoms with E-state index in [0.717, 1.165) is 40.7 Å². The first-order valence-corrected chi connectivity index (χ1v) is 8.74. The lowest BCUT2D eigenvalue weighted by Crippen LogP contribution is -2.27. The highest BCUT2D eigenvalue weighted by Gasteiger charge is 2.18. The third-order valence-corrected chi connectivity index (χ3v) is 5.33. The van der Waals surface area contributed by atoms with Gasteiger partial charge in [-0.05, 0) is 33.2 Å². The molecular weight excluding hydrogens is 340 g/mol. The fourth-order valence-corrected chi connectivity index (χ4v) is 4.20. The van der Waals surface area contributed by atoms with Crippen LogP contribution in [0.3, 0.4) is 0 Å². The summed E-state index contributed by atoms with van der Waals surface area (Å²) in [6.45, 7) is 5.00. The summed E-state index contributed by atoms with van der Waals surface area (Å²) in [5.74, 6) is 0.0347. The zero-order valence-corrected chi connectivity index (χ0v) is 15.0. The minimum atomic E-state index is 0. The van der Waals surface area contributed by atoms with E-state index in [1.54, 1.807) is 11.3 Å². The van der Waals surface area contributed by atoms with E-state index in [9.17, 15) is 4.79 Å². The number of nitrogens with zero attached hydrogens (tertiary/aromatic N) is 2. The third kappa shape index (κ3) is 4.04. The summed E-state index contributed by atoms with van der Waals surface area (Å²) in [7, 11) is 0. The number of rotatable bonds is 4. The second-order valence-electron chi connectivity index (χ2n) is 5.23. The van der Waals surface area contributed by atoms with Gasteiger partial charge in [0.15, 0.2) is 5.13 Å². The number of hydrogen-bond acceptors (Lipinski definition) is 6. The van der Waals surface area contributed by atoms with E-state index < -0.39 is 0 Å². The van der Waals surface area contributed by atoms with Crippen molar-refractivity contribution < 1.29 is 4.79 Å². The van der Waals surface area contributed by atoms with Crippen LogP contribution in [0.15, 0.2) is 5.38 Å². The van der Waals surface area contributed by atoms with Gasteiger partial charge in [-0.2, -0.15) is 0 Å². The average Bonchev–Trinajstić information content (AvgIpc) is 3.12. The first-order chi connectivity index (χ1) is 10.1. The molecule has 1 aliphatic rings. The lowest BCUT2D eigenvalue weighted by molar-refractivity contribution is -0.116. The van der Waals surface area contributed by atoms with Gasteiger partial charge in [0.25, 0.3) is 0 Å². The molecule has 0 saturated carbocycles. The number of hydrogen-bond donors (Lipinski definition) is 2. The Balaban J connectivity index is 0.00000176. The number of aromatic nitrogens is 2. The Morgan fingerprint density at radius 3 is 2.91 bits per heavy atom. The van der Waals surface area contributed by atoms with Gasteiger partial charge in [-0.3, -0.25) is 4.79 Å². The highest BCUT2D eigenvalue weighted by Crippen LogP contribution is 2.32. The fraction of sp³-hybridized carbons (Fsp3) is 0.500. The number of aryl methyl sites for hydroxylation is 2. The molecule has 0 aromatic carbocycles. The maximum atomic E-state index is 12.0. The van der Waals surface area contributed by atoms with E-state index in [1.165, 1.54) is 11.3 Å². The van der Waals surface area contributed by atoms with Gasteiger partial charge in [0.1, 0.15) is 0 Å². The van der Waals surface area contributed by atoms with Crippen LogP contribution in [0, 0.1) is 13.8 Å². The Bertz CT molecular complexity index is 649. The Labute approximate surface area is 144 Å². The molecule has 0 radical (unpaired) electrons. The molecule has 1 fully saturated rings. The zero-order chi connectivity index (χ0) is 14.8. The van der Waals surface area contributed by atoms with Crippen molar-refractivity contribution in [2.24, 2.45) is 0 Å². The predicted molar refractivity (Wildman–Crippen MR) is 94.2 cm³/mol. The summed E-state index contributed by atoms with van der Waals surface area (Å²) >= 11 is 3.10. The number of carbonyl (C=O) groups excluding carboxylic acids is 1. The van der Waals surface area contributed by atoms with Gasteiger partial charge >= 0.3 is 0 Å². The topological polar surface area (TPSA) is 66.9 Å². The quantitative estimate of drug-likeness (QED) is 0.879. The van der Waals surface area contributed by atoms with Crippen LogP contribution in [-0.2, 0) is 4.79 Å². The molecule has 0 bridgehead atoms. The summed E-state index contributed by atoms with van der Waals surface area (Å²) < 4.78 is 0. The summed E-state index contributed by atoms with van der Waals surface area (Å²) in [4.78, 5) is 22.0. The van der Waals surface area contributed by atoms with Crippen LogP contribution in [0.2, 0.25) is 0 Å². The molecule has 8 heteroatoms. The third-order valence-electron chi connectivity index (χ3n) is 3.48. The van der Waals surface area contributed by atoms with Crippen molar-refractivity contribution in [3.63, 3.8) is 0 Å². The lowest BCUT2D eigenvalue weighted by Gasteiger charge is -2.08. The zero-order valence-electron chi connectivity index (χ0n) is 12.5. The molecule has 1 unspecified atom stereocenters. The number of nitrogens with one attached hydrogen (secondary N) is 2. The number of thiazole rings is 2. The van der Waals surface area contributed by atoms with E-state index in [2.05, 4.69) is 20.6 Å². The minimum absolute atomic E-state index is 0. The largest absolute Gasteiger partial charge is 0.313 e. The normalized spacial score (nSPS) is 17.3. The Morgan fingerprint density at radius 1 is 1.45 bits per heavy atom. The number of halogens is 1. The van der Waals surface area contributed by atoms with Crippen molar-refractivity contribution in [1.29, 1.82) is 0 Å². The summed E-state index contributed by atoms with van der Waals surface area (Å²) in [6, 6.07) is 0.316. The van der Waals surface area contributed by atoms with Gasteiger partial charge in [0.05, 0.1) is 21.3 Å². The molecule has 1 aliphatic heterocycles. The molecule has 3 rings (SSSR count). The molecule has 1 atom stereocenters. The first-order valence-electron chi connectivity index (χ1n) is 7.05. The van der Waals surface area contributed by atoms with Crippen LogP contribution >= 0.6 is 35.1 Å². The molecule has 0 spiro atoms. The highest BCUT2D eigenvalue weighted by molar-refractivity contribution is 7.16. The Morgan fingerprint density at radius 2 is 2.27 bits per heavy atom. The van der Waals surface area contributed by atoms with Crippen molar-refractivity contribution in [2.75, 3.05) is 11.9 Å². The minimum Gasteiger partial charge on any atom is -0.313 e. The van der Waals surface area contributed by atoms with Gasteiger partial charge < -0.3 is 10.6 Å². The smallest absolute Gasteiger partial charge is 0.227 e. The van der Waals surface area contributed by atoms with Gasteiger partial charge in [-0.15, -0.1) is 35.1 Å². The molecule has 0 aliphatic carbocycles. The molecule has 1 saturated heterocycles. The summed E-state index contributed by atoms with van der Waals surface area (Å²) in [5.41, 5.74) is 1.90. The molecule has 2 aromatic heterocycles. The predicted octanol–water partition coefficient (Wildman–Crippen LogP) is 3.39. The van der Waals surface area contributed by atoms with Crippen LogP contribution < -0.4 is 10.6 Å². The molecule has 5 nitrogen and oxygen atoms in total. The van der Waals surface area contributed by atoms with Crippen LogP contribution in [0.5, 0.6) is 0 Å². The van der Waals surface area contributed by atoms with E-state index in [1.807, 2.05) is 19.2 Å². The molecular formula is C14H19ClN4OS2. The Hall–Kier alpha value is -1.02. The standard InChI is InChI=1S/C14H18N4OS2.ClH/c1-8-13(21-9(2)16-8)11-7-20-14(17-11)18-12(19)6-10-4-3-5-15-10;/h7,10,15H,3-6H2,1-2H3,(H,17,18,19);1H. The van der Waals surface area contributed by atoms with Crippen molar-refractivity contribution in [3.05, 3.63) is 16.1 Å². The van der Waals surface area contributed by atoms with Gasteiger partial charge in [0, 0.05) is 17.8 Å². The molecule has 1 amide bonds. The van der Waals surface area contributed by atoms with Crippen molar-refractivity contribution in [3.8, 4) is 10.6 Å². The van der Waals surface area contributed by atoms with Crippen LogP contribution in [0.25, 0.3) is 10.6 Å². The van der Waals surface area contributed by atoms with Crippen molar-refractivity contribution >= 4 is 46.1 Å². The molecule has 120 valence electrons. The summed E-state index contributed by atoms with van der Waals surface area (Å²) in [5, 5.41) is 9.90.